The van der Waals surface area contributed by atoms with Crippen LogP contribution in [0.5, 0.6) is 5.75 Å². The molecule has 0 bridgehead atoms. The Bertz CT molecular complexity index is 384. The summed E-state index contributed by atoms with van der Waals surface area (Å²) in [6.45, 7) is 2.61. The second kappa shape index (κ2) is 9.14. The highest BCUT2D eigenvalue weighted by molar-refractivity contribution is 5.89. The minimum atomic E-state index is -0.321. The molecule has 1 aromatic rings. The normalized spacial score (nSPS) is 9.95. The molecule has 0 amide bonds. The molecule has 0 saturated heterocycles. The minimum absolute atomic E-state index is 0.0151. The van der Waals surface area contributed by atoms with Gasteiger partial charge in [-0.2, -0.15) is 0 Å². The Morgan fingerprint density at radius 1 is 1.16 bits per heavy atom. The molecule has 1 aromatic carbocycles. The topological polar surface area (TPSA) is 52.6 Å². The van der Waals surface area contributed by atoms with Gasteiger partial charge >= 0.3 is 5.97 Å². The molecule has 0 unspecified atom stereocenters. The monoisotopic (exact) mass is 264 g/mol. The molecule has 0 saturated carbocycles. The summed E-state index contributed by atoms with van der Waals surface area (Å²) in [4.78, 5) is 21.8. The van der Waals surface area contributed by atoms with Crippen LogP contribution in [0.15, 0.2) is 24.3 Å². The molecule has 0 radical (unpaired) electrons. The summed E-state index contributed by atoms with van der Waals surface area (Å²) in [5, 5.41) is 0. The van der Waals surface area contributed by atoms with E-state index in [2.05, 4.69) is 6.92 Å². The average Bonchev–Trinajstić information content (AvgIpc) is 2.45. The van der Waals surface area contributed by atoms with Gasteiger partial charge in [-0.25, -0.2) is 4.79 Å². The Kier molecular flexibility index (Phi) is 7.32. The number of ether oxygens (including phenoxy) is 2. The molecule has 0 N–H and O–H groups in total. The van der Waals surface area contributed by atoms with E-state index in [0.717, 1.165) is 19.3 Å². The first-order chi connectivity index (χ1) is 9.27. The van der Waals surface area contributed by atoms with Crippen LogP contribution in [0.4, 0.5) is 0 Å². The van der Waals surface area contributed by atoms with Gasteiger partial charge < -0.3 is 9.47 Å². The van der Waals surface area contributed by atoms with E-state index in [1.807, 2.05) is 0 Å². The fourth-order valence-corrected chi connectivity index (χ4v) is 1.59. The Morgan fingerprint density at radius 3 is 2.53 bits per heavy atom. The van der Waals surface area contributed by atoms with E-state index in [0.29, 0.717) is 24.2 Å². The molecule has 0 fully saturated rings. The maximum absolute atomic E-state index is 11.7. The van der Waals surface area contributed by atoms with Gasteiger partial charge in [0, 0.05) is 0 Å². The number of unbranched alkanes of at least 4 members (excludes halogenated alkanes) is 3. The molecule has 19 heavy (non-hydrogen) atoms. The van der Waals surface area contributed by atoms with Crippen LogP contribution < -0.4 is 4.74 Å². The Morgan fingerprint density at radius 2 is 1.89 bits per heavy atom. The number of hydrogen-bond acceptors (Lipinski definition) is 4. The summed E-state index contributed by atoms with van der Waals surface area (Å²) < 4.78 is 10.3. The first-order valence-corrected chi connectivity index (χ1v) is 6.61. The van der Waals surface area contributed by atoms with Gasteiger partial charge in [-0.3, -0.25) is 4.79 Å². The number of carbonyl (C=O) groups excluding carboxylic acids is 2. The zero-order valence-corrected chi connectivity index (χ0v) is 11.3. The second-order valence-corrected chi connectivity index (χ2v) is 4.20. The van der Waals surface area contributed by atoms with E-state index in [1.165, 1.54) is 6.42 Å². The lowest BCUT2D eigenvalue weighted by Gasteiger charge is -2.06. The van der Waals surface area contributed by atoms with E-state index < -0.39 is 0 Å². The van der Waals surface area contributed by atoms with Crippen molar-refractivity contribution >= 4 is 12.3 Å². The zero-order chi connectivity index (χ0) is 13.9. The quantitative estimate of drug-likeness (QED) is 0.391. The van der Waals surface area contributed by atoms with Crippen molar-refractivity contribution in [2.45, 2.75) is 32.6 Å². The Hall–Kier alpha value is -1.84. The number of aldehydes is 1. The summed E-state index contributed by atoms with van der Waals surface area (Å²) in [7, 11) is 0. The van der Waals surface area contributed by atoms with Gasteiger partial charge in [-0.1, -0.05) is 26.2 Å². The molecule has 4 heteroatoms. The third-order valence-corrected chi connectivity index (χ3v) is 2.64. The average molecular weight is 264 g/mol. The van der Waals surface area contributed by atoms with E-state index in [1.54, 1.807) is 24.3 Å². The second-order valence-electron chi connectivity index (χ2n) is 4.20. The summed E-state index contributed by atoms with van der Waals surface area (Å²) >= 11 is 0. The van der Waals surface area contributed by atoms with Crippen LogP contribution in [-0.4, -0.2) is 25.5 Å². The van der Waals surface area contributed by atoms with Gasteiger partial charge in [0.2, 0.25) is 0 Å². The zero-order valence-electron chi connectivity index (χ0n) is 11.3. The van der Waals surface area contributed by atoms with Crippen LogP contribution in [-0.2, 0) is 9.53 Å². The SMILES string of the molecule is CCCCCCOC(=O)c1ccc(OCC=O)cc1. The lowest BCUT2D eigenvalue weighted by molar-refractivity contribution is -0.109. The van der Waals surface area contributed by atoms with Gasteiger partial charge in [0.15, 0.2) is 6.29 Å². The van der Waals surface area contributed by atoms with Crippen molar-refractivity contribution in [1.29, 1.82) is 0 Å². The summed E-state index contributed by atoms with van der Waals surface area (Å²) in [6.07, 6.45) is 5.00. The smallest absolute Gasteiger partial charge is 0.338 e. The van der Waals surface area contributed by atoms with E-state index >= 15 is 0 Å². The van der Waals surface area contributed by atoms with Crippen LogP contribution in [0.1, 0.15) is 43.0 Å². The van der Waals surface area contributed by atoms with Gasteiger partial charge in [0.25, 0.3) is 0 Å². The van der Waals surface area contributed by atoms with Crippen molar-refractivity contribution in [3.63, 3.8) is 0 Å². The van der Waals surface area contributed by atoms with E-state index in [4.69, 9.17) is 9.47 Å². The molecule has 0 atom stereocenters. The predicted molar refractivity (Wildman–Crippen MR) is 72.4 cm³/mol. The van der Waals surface area contributed by atoms with Crippen molar-refractivity contribution in [3.05, 3.63) is 29.8 Å². The van der Waals surface area contributed by atoms with Gasteiger partial charge in [0.05, 0.1) is 12.2 Å². The molecular weight excluding hydrogens is 244 g/mol. The number of hydrogen-bond donors (Lipinski definition) is 0. The van der Waals surface area contributed by atoms with Crippen molar-refractivity contribution in [3.8, 4) is 5.75 Å². The fraction of sp³-hybridized carbons (Fsp3) is 0.467. The number of rotatable bonds is 9. The summed E-state index contributed by atoms with van der Waals surface area (Å²) in [5.74, 6) is 0.241. The van der Waals surface area contributed by atoms with Crippen LogP contribution in [0, 0.1) is 0 Å². The molecule has 0 aromatic heterocycles. The molecule has 0 spiro atoms. The van der Waals surface area contributed by atoms with E-state index in [9.17, 15) is 9.59 Å². The molecule has 1 rings (SSSR count). The first kappa shape index (κ1) is 15.2. The van der Waals surface area contributed by atoms with Crippen molar-refractivity contribution in [1.82, 2.24) is 0 Å². The molecule has 0 aliphatic rings. The van der Waals surface area contributed by atoms with Crippen LogP contribution in [0.25, 0.3) is 0 Å². The van der Waals surface area contributed by atoms with Crippen LogP contribution in [0.3, 0.4) is 0 Å². The number of carbonyl (C=O) groups is 2. The van der Waals surface area contributed by atoms with Crippen LogP contribution >= 0.6 is 0 Å². The first-order valence-electron chi connectivity index (χ1n) is 6.61. The predicted octanol–water partition coefficient (Wildman–Crippen LogP) is 3.00. The number of benzene rings is 1. The van der Waals surface area contributed by atoms with Crippen molar-refractivity contribution in [2.24, 2.45) is 0 Å². The minimum Gasteiger partial charge on any atom is -0.486 e. The fourth-order valence-electron chi connectivity index (χ4n) is 1.59. The molecule has 0 aliphatic carbocycles. The Labute approximate surface area is 113 Å². The van der Waals surface area contributed by atoms with Gasteiger partial charge in [-0.05, 0) is 30.7 Å². The summed E-state index contributed by atoms with van der Waals surface area (Å²) in [6, 6.07) is 6.57. The van der Waals surface area contributed by atoms with Crippen molar-refractivity contribution < 1.29 is 19.1 Å². The lowest BCUT2D eigenvalue weighted by Crippen LogP contribution is -2.06. The lowest BCUT2D eigenvalue weighted by atomic mass is 10.2. The summed E-state index contributed by atoms with van der Waals surface area (Å²) in [5.41, 5.74) is 0.494. The third kappa shape index (κ3) is 6.04. The number of esters is 1. The largest absolute Gasteiger partial charge is 0.486 e. The molecule has 0 heterocycles. The molecule has 4 nitrogen and oxygen atoms in total. The highest BCUT2D eigenvalue weighted by Gasteiger charge is 2.06. The standard InChI is InChI=1S/C15H20O4/c1-2-3-4-5-11-19-15(17)13-6-8-14(9-7-13)18-12-10-16/h6-10H,2-5,11-12H2,1H3. The van der Waals surface area contributed by atoms with Gasteiger partial charge in [0.1, 0.15) is 12.4 Å². The third-order valence-electron chi connectivity index (χ3n) is 2.64. The molecule has 104 valence electrons. The van der Waals surface area contributed by atoms with E-state index in [-0.39, 0.29) is 12.6 Å². The molecule has 0 aliphatic heterocycles. The Balaban J connectivity index is 2.33. The maximum atomic E-state index is 11.7. The van der Waals surface area contributed by atoms with Gasteiger partial charge in [-0.15, -0.1) is 0 Å². The highest BCUT2D eigenvalue weighted by atomic mass is 16.5. The van der Waals surface area contributed by atoms with Crippen LogP contribution in [0.2, 0.25) is 0 Å². The highest BCUT2D eigenvalue weighted by Crippen LogP contribution is 2.13. The molecular formula is C15H20O4. The maximum Gasteiger partial charge on any atom is 0.338 e. The van der Waals surface area contributed by atoms with Crippen molar-refractivity contribution in [2.75, 3.05) is 13.2 Å².